The van der Waals surface area contributed by atoms with Crippen LogP contribution in [0.4, 0.5) is 5.82 Å². The summed E-state index contributed by atoms with van der Waals surface area (Å²) in [6.07, 6.45) is 1.67. The van der Waals surface area contributed by atoms with Crippen LogP contribution in [0.25, 0.3) is 0 Å². The van der Waals surface area contributed by atoms with Gasteiger partial charge in [0.15, 0.2) is 5.82 Å². The van der Waals surface area contributed by atoms with E-state index in [-0.39, 0.29) is 23.8 Å². The van der Waals surface area contributed by atoms with E-state index in [4.69, 9.17) is 4.52 Å². The molecule has 8 nitrogen and oxygen atoms in total. The van der Waals surface area contributed by atoms with Gasteiger partial charge in [0.25, 0.3) is 5.91 Å². The molecule has 1 saturated heterocycles. The fourth-order valence-electron chi connectivity index (χ4n) is 2.80. The highest BCUT2D eigenvalue weighted by Gasteiger charge is 2.26. The Bertz CT molecular complexity index is 815. The number of anilines is 1. The lowest BCUT2D eigenvalue weighted by atomic mass is 9.98. The summed E-state index contributed by atoms with van der Waals surface area (Å²) >= 11 is 1.46. The normalized spacial score (nSPS) is 15.8. The molecule has 0 aliphatic carbocycles. The molecule has 0 atom stereocenters. The average molecular weight is 391 g/mol. The van der Waals surface area contributed by atoms with Gasteiger partial charge in [-0.1, -0.05) is 25.9 Å². The van der Waals surface area contributed by atoms with E-state index < -0.39 is 0 Å². The monoisotopic (exact) mass is 391 g/mol. The van der Waals surface area contributed by atoms with Crippen LogP contribution >= 0.6 is 11.3 Å². The first-order valence-corrected chi connectivity index (χ1v) is 9.75. The summed E-state index contributed by atoms with van der Waals surface area (Å²) in [5, 5.41) is 7.43. The first-order chi connectivity index (χ1) is 12.7. The fraction of sp³-hybridized carbons (Fsp3) is 0.556. The van der Waals surface area contributed by atoms with Gasteiger partial charge in [0, 0.05) is 37.7 Å². The van der Waals surface area contributed by atoms with E-state index in [1.165, 1.54) is 11.3 Å². The van der Waals surface area contributed by atoms with Crippen molar-refractivity contribution in [2.75, 3.05) is 38.0 Å². The Morgan fingerprint density at radius 2 is 1.96 bits per heavy atom. The molecule has 0 radical (unpaired) electrons. The number of carbonyl (C=O) groups is 2. The predicted octanol–water partition coefficient (Wildman–Crippen LogP) is 2.13. The molecule has 0 aromatic carbocycles. The second-order valence-electron chi connectivity index (χ2n) is 7.72. The average Bonchev–Trinajstić information content (AvgIpc) is 3.24. The summed E-state index contributed by atoms with van der Waals surface area (Å²) < 4.78 is 4.93. The molecular formula is C18H25N5O3S. The van der Waals surface area contributed by atoms with E-state index in [0.29, 0.717) is 42.6 Å². The Morgan fingerprint density at radius 3 is 2.52 bits per heavy atom. The van der Waals surface area contributed by atoms with Crippen molar-refractivity contribution in [2.24, 2.45) is 0 Å². The third-order valence-electron chi connectivity index (χ3n) is 4.28. The van der Waals surface area contributed by atoms with E-state index in [0.717, 1.165) is 5.01 Å². The van der Waals surface area contributed by atoms with Gasteiger partial charge in [0.05, 0.1) is 17.7 Å². The molecule has 3 heterocycles. The van der Waals surface area contributed by atoms with E-state index >= 15 is 0 Å². The highest BCUT2D eigenvalue weighted by Crippen LogP contribution is 2.27. The SMILES string of the molecule is Cc1cc(NC(=O)CN2CCN(C(=O)c3cnc(C(C)(C)C)s3)CC2)no1. The Morgan fingerprint density at radius 1 is 1.26 bits per heavy atom. The quantitative estimate of drug-likeness (QED) is 0.858. The summed E-state index contributed by atoms with van der Waals surface area (Å²) in [4.78, 5) is 33.7. The number of nitrogens with zero attached hydrogens (tertiary/aromatic N) is 4. The van der Waals surface area contributed by atoms with Crippen molar-refractivity contribution in [2.45, 2.75) is 33.1 Å². The second-order valence-corrected chi connectivity index (χ2v) is 8.75. The maximum atomic E-state index is 12.7. The zero-order valence-electron chi connectivity index (χ0n) is 16.1. The van der Waals surface area contributed by atoms with E-state index in [1.54, 1.807) is 19.2 Å². The predicted molar refractivity (Wildman–Crippen MR) is 103 cm³/mol. The van der Waals surface area contributed by atoms with Crippen molar-refractivity contribution in [3.05, 3.63) is 27.9 Å². The number of aromatic nitrogens is 2. The first kappa shape index (κ1) is 19.5. The molecule has 1 aliphatic rings. The summed E-state index contributed by atoms with van der Waals surface area (Å²) in [5.41, 5.74) is -0.0579. The van der Waals surface area contributed by atoms with Crippen molar-refractivity contribution >= 4 is 29.0 Å². The molecule has 1 N–H and O–H groups in total. The topological polar surface area (TPSA) is 91.6 Å². The molecule has 0 spiro atoms. The molecule has 2 amide bonds. The van der Waals surface area contributed by atoms with Crippen molar-refractivity contribution in [3.63, 3.8) is 0 Å². The standard InChI is InChI=1S/C18H25N5O3S/c1-12-9-14(21-26-12)20-15(24)11-22-5-7-23(8-6-22)16(25)13-10-19-17(27-13)18(2,3)4/h9-10H,5-8,11H2,1-4H3,(H,20,21,24). The largest absolute Gasteiger partial charge is 0.360 e. The number of rotatable bonds is 4. The Labute approximate surface area is 162 Å². The molecule has 146 valence electrons. The number of piperazine rings is 1. The molecule has 9 heteroatoms. The van der Waals surface area contributed by atoms with Crippen molar-refractivity contribution < 1.29 is 14.1 Å². The van der Waals surface area contributed by atoms with Gasteiger partial charge in [-0.3, -0.25) is 14.5 Å². The minimum absolute atomic E-state index is 0.0187. The third-order valence-corrected chi connectivity index (χ3v) is 5.69. The zero-order chi connectivity index (χ0) is 19.6. The van der Waals surface area contributed by atoms with Gasteiger partial charge in [-0.25, -0.2) is 4.98 Å². The van der Waals surface area contributed by atoms with Crippen LogP contribution in [0, 0.1) is 6.92 Å². The van der Waals surface area contributed by atoms with Crippen LogP contribution in [0.2, 0.25) is 0 Å². The van der Waals surface area contributed by atoms with Crippen molar-refractivity contribution in [3.8, 4) is 0 Å². The maximum Gasteiger partial charge on any atom is 0.265 e. The molecular weight excluding hydrogens is 366 g/mol. The van der Waals surface area contributed by atoms with E-state index in [1.807, 2.05) is 9.80 Å². The molecule has 0 unspecified atom stereocenters. The number of carbonyl (C=O) groups excluding carboxylic acids is 2. The van der Waals surface area contributed by atoms with Gasteiger partial charge < -0.3 is 14.7 Å². The van der Waals surface area contributed by atoms with Crippen LogP contribution in [0.15, 0.2) is 16.8 Å². The molecule has 0 saturated carbocycles. The number of nitrogens with one attached hydrogen (secondary N) is 1. The van der Waals surface area contributed by atoms with E-state index in [2.05, 4.69) is 36.2 Å². The van der Waals surface area contributed by atoms with Crippen LogP contribution in [0.5, 0.6) is 0 Å². The molecule has 1 fully saturated rings. The number of amides is 2. The van der Waals surface area contributed by atoms with Gasteiger partial charge in [-0.2, -0.15) is 0 Å². The summed E-state index contributed by atoms with van der Waals surface area (Å²) in [7, 11) is 0. The number of hydrogen-bond donors (Lipinski definition) is 1. The van der Waals surface area contributed by atoms with Gasteiger partial charge >= 0.3 is 0 Å². The molecule has 2 aromatic rings. The Kier molecular flexibility index (Phi) is 5.61. The van der Waals surface area contributed by atoms with Gasteiger partial charge in [0.1, 0.15) is 10.6 Å². The third kappa shape index (κ3) is 4.92. The zero-order valence-corrected chi connectivity index (χ0v) is 16.9. The lowest BCUT2D eigenvalue weighted by molar-refractivity contribution is -0.117. The summed E-state index contributed by atoms with van der Waals surface area (Å²) in [5.74, 6) is 0.951. The molecule has 0 bridgehead atoms. The molecule has 2 aromatic heterocycles. The van der Waals surface area contributed by atoms with Crippen LogP contribution < -0.4 is 5.32 Å². The Balaban J connectivity index is 1.49. The van der Waals surface area contributed by atoms with Crippen molar-refractivity contribution in [1.82, 2.24) is 19.9 Å². The number of aryl methyl sites for hydroxylation is 1. The summed E-state index contributed by atoms with van der Waals surface area (Å²) in [6.45, 7) is 10.8. The fourth-order valence-corrected chi connectivity index (χ4v) is 3.74. The number of hydrogen-bond acceptors (Lipinski definition) is 7. The second kappa shape index (κ2) is 7.77. The highest BCUT2D eigenvalue weighted by atomic mass is 32.1. The number of thiazole rings is 1. The first-order valence-electron chi connectivity index (χ1n) is 8.93. The van der Waals surface area contributed by atoms with Gasteiger partial charge in [-0.15, -0.1) is 11.3 Å². The lowest BCUT2D eigenvalue weighted by Gasteiger charge is -2.33. The van der Waals surface area contributed by atoms with E-state index in [9.17, 15) is 9.59 Å². The van der Waals surface area contributed by atoms with Crippen molar-refractivity contribution in [1.29, 1.82) is 0 Å². The summed E-state index contributed by atoms with van der Waals surface area (Å²) in [6, 6.07) is 1.68. The minimum atomic E-state index is -0.139. The Hall–Kier alpha value is -2.26. The minimum Gasteiger partial charge on any atom is -0.360 e. The van der Waals surface area contributed by atoms with Crippen LogP contribution in [-0.4, -0.2) is 64.5 Å². The molecule has 27 heavy (non-hydrogen) atoms. The molecule has 1 aliphatic heterocycles. The smallest absolute Gasteiger partial charge is 0.265 e. The van der Waals surface area contributed by atoms with Gasteiger partial charge in [-0.05, 0) is 6.92 Å². The lowest BCUT2D eigenvalue weighted by Crippen LogP contribution is -2.50. The maximum absolute atomic E-state index is 12.7. The van der Waals surface area contributed by atoms with Crippen LogP contribution in [0.1, 0.15) is 41.2 Å². The van der Waals surface area contributed by atoms with Crippen LogP contribution in [0.3, 0.4) is 0 Å². The van der Waals surface area contributed by atoms with Gasteiger partial charge in [0.2, 0.25) is 5.91 Å². The molecule has 3 rings (SSSR count). The van der Waals surface area contributed by atoms with Crippen LogP contribution in [-0.2, 0) is 10.2 Å². The highest BCUT2D eigenvalue weighted by molar-refractivity contribution is 7.13.